The molecule has 0 aliphatic carbocycles. The molecule has 13 heavy (non-hydrogen) atoms. The second-order valence-corrected chi connectivity index (χ2v) is 3.37. The Balaban J connectivity index is 2.73. The van der Waals surface area contributed by atoms with Gasteiger partial charge in [0.15, 0.2) is 0 Å². The number of hydrogen-bond acceptors (Lipinski definition) is 2. The van der Waals surface area contributed by atoms with E-state index in [-0.39, 0.29) is 11.8 Å². The molecule has 0 fully saturated rings. The fourth-order valence-electron chi connectivity index (χ4n) is 1.27. The molecule has 1 aliphatic rings. The van der Waals surface area contributed by atoms with Gasteiger partial charge in [-0.15, -0.1) is 0 Å². The number of nitrogens with zero attached hydrogens (tertiary/aromatic N) is 1. The number of carboxylic acid groups (broad SMARTS) is 1. The van der Waals surface area contributed by atoms with Crippen molar-refractivity contribution in [3.05, 3.63) is 12.3 Å². The molecule has 1 amide bonds. The molecule has 0 saturated heterocycles. The lowest BCUT2D eigenvalue weighted by atomic mass is 10.1. The molecule has 0 aromatic carbocycles. The fourth-order valence-corrected chi connectivity index (χ4v) is 1.27. The summed E-state index contributed by atoms with van der Waals surface area (Å²) in [5, 5.41) is 8.78. The van der Waals surface area contributed by atoms with E-state index in [1.807, 2.05) is 0 Å². The van der Waals surface area contributed by atoms with Gasteiger partial charge >= 0.3 is 5.97 Å². The number of amides is 1. The van der Waals surface area contributed by atoms with E-state index in [0.717, 1.165) is 0 Å². The van der Waals surface area contributed by atoms with E-state index in [2.05, 4.69) is 0 Å². The van der Waals surface area contributed by atoms with Crippen molar-refractivity contribution in [2.45, 2.75) is 26.3 Å². The topological polar surface area (TPSA) is 57.6 Å². The van der Waals surface area contributed by atoms with Crippen LogP contribution in [0.5, 0.6) is 0 Å². The first kappa shape index (κ1) is 9.77. The van der Waals surface area contributed by atoms with E-state index in [9.17, 15) is 9.59 Å². The Kier molecular flexibility index (Phi) is 2.70. The number of rotatable bonds is 2. The number of hydrogen-bond donors (Lipinski definition) is 1. The molecule has 1 aliphatic heterocycles. The van der Waals surface area contributed by atoms with E-state index in [0.29, 0.717) is 6.42 Å². The molecule has 0 spiro atoms. The molecule has 0 radical (unpaired) electrons. The van der Waals surface area contributed by atoms with Crippen molar-refractivity contribution in [1.29, 1.82) is 0 Å². The molecule has 1 rings (SSSR count). The second-order valence-electron chi connectivity index (χ2n) is 3.37. The van der Waals surface area contributed by atoms with E-state index in [4.69, 9.17) is 5.11 Å². The summed E-state index contributed by atoms with van der Waals surface area (Å²) in [7, 11) is 0. The van der Waals surface area contributed by atoms with Crippen LogP contribution in [0.3, 0.4) is 0 Å². The van der Waals surface area contributed by atoms with Crippen LogP contribution in [0.25, 0.3) is 0 Å². The molecule has 1 heterocycles. The van der Waals surface area contributed by atoms with Gasteiger partial charge in [0.2, 0.25) is 5.91 Å². The zero-order valence-corrected chi connectivity index (χ0v) is 7.73. The third-order valence-corrected chi connectivity index (χ3v) is 1.99. The standard InChI is InChI=1S/C9H13NO3/c1-6(2)8(11)10-5-3-4-7(10)9(12)13/h3,5-7H,4H2,1-2H3,(H,12,13). The minimum Gasteiger partial charge on any atom is -0.480 e. The van der Waals surface area contributed by atoms with Crippen LogP contribution in [0.1, 0.15) is 20.3 Å². The Hall–Kier alpha value is -1.32. The molecule has 1 atom stereocenters. The molecule has 1 N–H and O–H groups in total. The monoisotopic (exact) mass is 183 g/mol. The average Bonchev–Trinajstić information content (AvgIpc) is 2.50. The number of carbonyl (C=O) groups is 2. The second kappa shape index (κ2) is 3.60. The smallest absolute Gasteiger partial charge is 0.327 e. The first-order chi connectivity index (χ1) is 6.04. The van der Waals surface area contributed by atoms with E-state index >= 15 is 0 Å². The summed E-state index contributed by atoms with van der Waals surface area (Å²) < 4.78 is 0. The third-order valence-electron chi connectivity index (χ3n) is 1.99. The van der Waals surface area contributed by atoms with Crippen molar-refractivity contribution in [1.82, 2.24) is 4.90 Å². The molecule has 4 heteroatoms. The summed E-state index contributed by atoms with van der Waals surface area (Å²) in [6.45, 7) is 3.51. The average molecular weight is 183 g/mol. The van der Waals surface area contributed by atoms with E-state index in [1.165, 1.54) is 4.90 Å². The van der Waals surface area contributed by atoms with Gasteiger partial charge in [0.25, 0.3) is 0 Å². The highest BCUT2D eigenvalue weighted by molar-refractivity contribution is 5.86. The van der Waals surface area contributed by atoms with Crippen molar-refractivity contribution in [2.24, 2.45) is 5.92 Å². The lowest BCUT2D eigenvalue weighted by Gasteiger charge is -2.21. The summed E-state index contributed by atoms with van der Waals surface area (Å²) in [5.41, 5.74) is 0. The Morgan fingerprint density at radius 1 is 1.54 bits per heavy atom. The van der Waals surface area contributed by atoms with Crippen LogP contribution in [0.15, 0.2) is 12.3 Å². The van der Waals surface area contributed by atoms with Crippen LogP contribution in [-0.2, 0) is 9.59 Å². The highest BCUT2D eigenvalue weighted by Crippen LogP contribution is 2.17. The van der Waals surface area contributed by atoms with Crippen LogP contribution in [0.4, 0.5) is 0 Å². The molecule has 1 unspecified atom stereocenters. The van der Waals surface area contributed by atoms with Crippen molar-refractivity contribution in [3.63, 3.8) is 0 Å². The van der Waals surface area contributed by atoms with Gasteiger partial charge in [0.1, 0.15) is 6.04 Å². The summed E-state index contributed by atoms with van der Waals surface area (Å²) >= 11 is 0. The van der Waals surface area contributed by atoms with Crippen molar-refractivity contribution in [2.75, 3.05) is 0 Å². The molecular weight excluding hydrogens is 170 g/mol. The molecule has 0 aromatic heterocycles. The fraction of sp³-hybridized carbons (Fsp3) is 0.556. The molecule has 72 valence electrons. The summed E-state index contributed by atoms with van der Waals surface area (Å²) in [6.07, 6.45) is 3.67. The first-order valence-corrected chi connectivity index (χ1v) is 4.25. The Morgan fingerprint density at radius 2 is 2.15 bits per heavy atom. The Bertz CT molecular complexity index is 258. The minimum absolute atomic E-state index is 0.138. The Labute approximate surface area is 76.8 Å². The lowest BCUT2D eigenvalue weighted by molar-refractivity contribution is -0.148. The molecule has 4 nitrogen and oxygen atoms in total. The van der Waals surface area contributed by atoms with E-state index < -0.39 is 12.0 Å². The number of carbonyl (C=O) groups excluding carboxylic acids is 1. The van der Waals surface area contributed by atoms with Gasteiger partial charge in [-0.3, -0.25) is 4.79 Å². The maximum Gasteiger partial charge on any atom is 0.327 e. The predicted octanol–water partition coefficient (Wildman–Crippen LogP) is 0.842. The van der Waals surface area contributed by atoms with Gasteiger partial charge in [-0.25, -0.2) is 4.79 Å². The molecule has 0 bridgehead atoms. The van der Waals surface area contributed by atoms with Crippen LogP contribution < -0.4 is 0 Å². The normalized spacial score (nSPS) is 21.2. The van der Waals surface area contributed by atoms with Crippen molar-refractivity contribution >= 4 is 11.9 Å². The van der Waals surface area contributed by atoms with Crippen LogP contribution >= 0.6 is 0 Å². The number of aliphatic carboxylic acids is 1. The maximum absolute atomic E-state index is 11.5. The third kappa shape index (κ3) is 1.88. The zero-order chi connectivity index (χ0) is 10.0. The highest BCUT2D eigenvalue weighted by Gasteiger charge is 2.31. The SMILES string of the molecule is CC(C)C(=O)N1C=CCC1C(=O)O. The molecule has 0 aromatic rings. The lowest BCUT2D eigenvalue weighted by Crippen LogP contribution is -2.40. The van der Waals surface area contributed by atoms with Gasteiger partial charge in [0, 0.05) is 12.1 Å². The molecule has 0 saturated carbocycles. The van der Waals surface area contributed by atoms with E-state index in [1.54, 1.807) is 26.1 Å². The van der Waals surface area contributed by atoms with Gasteiger partial charge in [-0.1, -0.05) is 19.9 Å². The molecular formula is C9H13NO3. The highest BCUT2D eigenvalue weighted by atomic mass is 16.4. The summed E-state index contributed by atoms with van der Waals surface area (Å²) in [5.74, 6) is -1.25. The zero-order valence-electron chi connectivity index (χ0n) is 7.73. The van der Waals surface area contributed by atoms with Gasteiger partial charge in [-0.2, -0.15) is 0 Å². The van der Waals surface area contributed by atoms with Gasteiger partial charge < -0.3 is 10.0 Å². The van der Waals surface area contributed by atoms with Crippen molar-refractivity contribution < 1.29 is 14.7 Å². The predicted molar refractivity (Wildman–Crippen MR) is 46.9 cm³/mol. The van der Waals surface area contributed by atoms with Crippen LogP contribution in [0.2, 0.25) is 0 Å². The first-order valence-electron chi connectivity index (χ1n) is 4.25. The van der Waals surface area contributed by atoms with Crippen molar-refractivity contribution in [3.8, 4) is 0 Å². The largest absolute Gasteiger partial charge is 0.480 e. The van der Waals surface area contributed by atoms with Crippen LogP contribution in [0, 0.1) is 5.92 Å². The maximum atomic E-state index is 11.5. The minimum atomic E-state index is -0.945. The quantitative estimate of drug-likeness (QED) is 0.690. The Morgan fingerprint density at radius 3 is 2.62 bits per heavy atom. The number of carboxylic acids is 1. The van der Waals surface area contributed by atoms with Gasteiger partial charge in [-0.05, 0) is 6.42 Å². The van der Waals surface area contributed by atoms with Gasteiger partial charge in [0.05, 0.1) is 0 Å². The summed E-state index contributed by atoms with van der Waals surface area (Å²) in [4.78, 5) is 23.5. The summed E-state index contributed by atoms with van der Waals surface area (Å²) in [6, 6.07) is -0.699. The van der Waals surface area contributed by atoms with Crippen LogP contribution in [-0.4, -0.2) is 27.9 Å².